The van der Waals surface area contributed by atoms with Crippen LogP contribution in [0.1, 0.15) is 6.42 Å². The first-order chi connectivity index (χ1) is 9.27. The molecule has 0 aliphatic rings. The van der Waals surface area contributed by atoms with Gasteiger partial charge in [0.15, 0.2) is 0 Å². The van der Waals surface area contributed by atoms with Crippen molar-refractivity contribution in [1.29, 1.82) is 0 Å². The topological polar surface area (TPSA) is 83.5 Å². The molecule has 0 fully saturated rings. The monoisotopic (exact) mass is 401 g/mol. The quantitative estimate of drug-likeness (QED) is 0.732. The fourth-order valence-electron chi connectivity index (χ4n) is 1.37. The molecule has 2 N–H and O–H groups in total. The van der Waals surface area contributed by atoms with E-state index in [0.29, 0.717) is 15.2 Å². The lowest BCUT2D eigenvalue weighted by Crippen LogP contribution is -2.41. The fourth-order valence-corrected chi connectivity index (χ4v) is 3.74. The molecule has 112 valence electrons. The van der Waals surface area contributed by atoms with Crippen molar-refractivity contribution >= 4 is 55.3 Å². The lowest BCUT2D eigenvalue weighted by Gasteiger charge is -2.14. The van der Waals surface area contributed by atoms with E-state index in [1.165, 1.54) is 30.0 Å². The number of aliphatic carboxylic acids is 1. The van der Waals surface area contributed by atoms with Crippen LogP contribution in [0.15, 0.2) is 27.6 Å². The summed E-state index contributed by atoms with van der Waals surface area (Å²) in [4.78, 5) is 11.0. The van der Waals surface area contributed by atoms with E-state index in [4.69, 9.17) is 16.7 Å². The van der Waals surface area contributed by atoms with Crippen LogP contribution in [0.4, 0.5) is 0 Å². The third-order valence-electron chi connectivity index (χ3n) is 2.41. The molecular weight excluding hydrogens is 390 g/mol. The summed E-state index contributed by atoms with van der Waals surface area (Å²) >= 11 is 10.4. The Morgan fingerprint density at radius 3 is 2.70 bits per heavy atom. The van der Waals surface area contributed by atoms with Crippen molar-refractivity contribution in [3.8, 4) is 0 Å². The summed E-state index contributed by atoms with van der Waals surface area (Å²) in [6.07, 6.45) is 2.04. The molecule has 1 rings (SSSR count). The highest BCUT2D eigenvalue weighted by molar-refractivity contribution is 9.10. The molecular formula is C11H13BrClNO4S2. The van der Waals surface area contributed by atoms with Crippen molar-refractivity contribution in [2.24, 2.45) is 0 Å². The van der Waals surface area contributed by atoms with E-state index in [-0.39, 0.29) is 11.3 Å². The molecule has 0 aliphatic carbocycles. The smallest absolute Gasteiger partial charge is 0.321 e. The Kier molecular flexibility index (Phi) is 6.80. The summed E-state index contributed by atoms with van der Waals surface area (Å²) < 4.78 is 26.9. The summed E-state index contributed by atoms with van der Waals surface area (Å²) in [5.74, 6) is -0.653. The van der Waals surface area contributed by atoms with Gasteiger partial charge in [-0.2, -0.15) is 16.5 Å². The number of hydrogen-bond donors (Lipinski definition) is 2. The SMILES string of the molecule is CSCCC(NS(=O)(=O)c1ccc(Cl)c(Br)c1)C(=O)O. The Morgan fingerprint density at radius 2 is 2.20 bits per heavy atom. The van der Waals surface area contributed by atoms with Crippen LogP contribution in [0.25, 0.3) is 0 Å². The Labute approximate surface area is 135 Å². The second-order valence-corrected chi connectivity index (χ2v) is 7.83. The van der Waals surface area contributed by atoms with Crippen LogP contribution in [0.2, 0.25) is 5.02 Å². The highest BCUT2D eigenvalue weighted by Crippen LogP contribution is 2.25. The predicted molar refractivity (Wildman–Crippen MR) is 83.9 cm³/mol. The minimum absolute atomic E-state index is 0.0378. The first-order valence-corrected chi connectivity index (χ1v) is 9.52. The molecule has 1 atom stereocenters. The molecule has 0 bridgehead atoms. The number of nitrogens with one attached hydrogen (secondary N) is 1. The van der Waals surface area contributed by atoms with E-state index in [9.17, 15) is 13.2 Å². The van der Waals surface area contributed by atoms with Gasteiger partial charge in [0.2, 0.25) is 10.0 Å². The molecule has 20 heavy (non-hydrogen) atoms. The Hall–Kier alpha value is -0.280. The number of hydrogen-bond acceptors (Lipinski definition) is 4. The average molecular weight is 403 g/mol. The van der Waals surface area contributed by atoms with Gasteiger partial charge in [-0.25, -0.2) is 8.42 Å². The van der Waals surface area contributed by atoms with Crippen LogP contribution >= 0.6 is 39.3 Å². The van der Waals surface area contributed by atoms with Gasteiger partial charge in [-0.3, -0.25) is 4.79 Å². The van der Waals surface area contributed by atoms with E-state index in [1.807, 2.05) is 6.26 Å². The number of thioether (sulfide) groups is 1. The van der Waals surface area contributed by atoms with Crippen LogP contribution in [0, 0.1) is 0 Å². The zero-order chi connectivity index (χ0) is 15.3. The number of benzene rings is 1. The number of rotatable bonds is 7. The van der Waals surface area contributed by atoms with Gasteiger partial charge in [0.25, 0.3) is 0 Å². The number of carbonyl (C=O) groups is 1. The summed E-state index contributed by atoms with van der Waals surface area (Å²) in [6.45, 7) is 0. The fraction of sp³-hybridized carbons (Fsp3) is 0.364. The number of halogens is 2. The lowest BCUT2D eigenvalue weighted by atomic mass is 10.2. The number of carboxylic acid groups (broad SMARTS) is 1. The highest BCUT2D eigenvalue weighted by atomic mass is 79.9. The third kappa shape index (κ3) is 4.92. The van der Waals surface area contributed by atoms with Gasteiger partial charge in [0.1, 0.15) is 6.04 Å². The van der Waals surface area contributed by atoms with E-state index in [2.05, 4.69) is 20.7 Å². The third-order valence-corrected chi connectivity index (χ3v) is 5.73. The molecule has 1 aromatic rings. The molecule has 0 radical (unpaired) electrons. The summed E-state index contributed by atoms with van der Waals surface area (Å²) in [6, 6.07) is 2.93. The van der Waals surface area contributed by atoms with Gasteiger partial charge in [-0.05, 0) is 52.6 Å². The molecule has 0 saturated heterocycles. The van der Waals surface area contributed by atoms with Gasteiger partial charge in [0.05, 0.1) is 9.92 Å². The normalized spacial score (nSPS) is 13.2. The van der Waals surface area contributed by atoms with Crippen molar-refractivity contribution in [2.75, 3.05) is 12.0 Å². The maximum atomic E-state index is 12.1. The molecule has 9 heteroatoms. The van der Waals surface area contributed by atoms with Gasteiger partial charge in [-0.15, -0.1) is 0 Å². The average Bonchev–Trinajstić information content (AvgIpc) is 2.37. The maximum Gasteiger partial charge on any atom is 0.321 e. The summed E-state index contributed by atoms with van der Waals surface area (Å²) in [7, 11) is -3.90. The minimum Gasteiger partial charge on any atom is -0.480 e. The lowest BCUT2D eigenvalue weighted by molar-refractivity contribution is -0.139. The molecule has 1 aromatic carbocycles. The summed E-state index contributed by atoms with van der Waals surface area (Å²) in [5, 5.41) is 9.42. The Balaban J connectivity index is 2.97. The second-order valence-electron chi connectivity index (χ2n) is 3.87. The minimum atomic E-state index is -3.90. The van der Waals surface area contributed by atoms with Gasteiger partial charge in [0, 0.05) is 4.47 Å². The van der Waals surface area contributed by atoms with E-state index < -0.39 is 22.0 Å². The molecule has 0 aromatic heterocycles. The van der Waals surface area contributed by atoms with Crippen molar-refractivity contribution in [3.05, 3.63) is 27.7 Å². The molecule has 0 amide bonds. The van der Waals surface area contributed by atoms with Crippen LogP contribution < -0.4 is 4.72 Å². The first kappa shape index (κ1) is 17.8. The van der Waals surface area contributed by atoms with E-state index in [0.717, 1.165) is 0 Å². The zero-order valence-electron chi connectivity index (χ0n) is 10.5. The van der Waals surface area contributed by atoms with Crippen molar-refractivity contribution < 1.29 is 18.3 Å². The van der Waals surface area contributed by atoms with Gasteiger partial charge >= 0.3 is 5.97 Å². The molecule has 0 aliphatic heterocycles. The Bertz CT molecular complexity index is 594. The van der Waals surface area contributed by atoms with Crippen molar-refractivity contribution in [1.82, 2.24) is 4.72 Å². The zero-order valence-corrected chi connectivity index (χ0v) is 14.4. The molecule has 0 heterocycles. The van der Waals surface area contributed by atoms with Gasteiger partial charge < -0.3 is 5.11 Å². The van der Waals surface area contributed by atoms with Gasteiger partial charge in [-0.1, -0.05) is 11.6 Å². The second kappa shape index (κ2) is 7.65. The number of carboxylic acids is 1. The van der Waals surface area contributed by atoms with Crippen molar-refractivity contribution in [2.45, 2.75) is 17.4 Å². The highest BCUT2D eigenvalue weighted by Gasteiger charge is 2.25. The molecule has 0 spiro atoms. The van der Waals surface area contributed by atoms with Crippen LogP contribution in [0.3, 0.4) is 0 Å². The summed E-state index contributed by atoms with van der Waals surface area (Å²) in [5.41, 5.74) is 0. The molecule has 5 nitrogen and oxygen atoms in total. The number of sulfonamides is 1. The van der Waals surface area contributed by atoms with Crippen LogP contribution in [-0.2, 0) is 14.8 Å². The molecule has 0 saturated carbocycles. The van der Waals surface area contributed by atoms with Crippen LogP contribution in [0.5, 0.6) is 0 Å². The Morgan fingerprint density at radius 1 is 1.55 bits per heavy atom. The largest absolute Gasteiger partial charge is 0.480 e. The van der Waals surface area contributed by atoms with E-state index >= 15 is 0 Å². The first-order valence-electron chi connectivity index (χ1n) is 5.47. The predicted octanol–water partition coefficient (Wildman–Crippen LogP) is 2.59. The standard InChI is InChI=1S/C11H13BrClNO4S2/c1-19-5-4-10(11(15)16)14-20(17,18)7-2-3-9(13)8(12)6-7/h2-3,6,10,14H,4-5H2,1H3,(H,15,16). The molecule has 1 unspecified atom stereocenters. The maximum absolute atomic E-state index is 12.1. The van der Waals surface area contributed by atoms with Crippen molar-refractivity contribution in [3.63, 3.8) is 0 Å². The van der Waals surface area contributed by atoms with E-state index in [1.54, 1.807) is 0 Å². The van der Waals surface area contributed by atoms with Crippen LogP contribution in [-0.4, -0.2) is 37.5 Å².